The molecule has 0 radical (unpaired) electrons. The van der Waals surface area contributed by atoms with Gasteiger partial charge in [-0.1, -0.05) is 31.0 Å². The first-order valence-corrected chi connectivity index (χ1v) is 18.2. The van der Waals surface area contributed by atoms with Gasteiger partial charge in [-0.15, -0.1) is 6.42 Å². The van der Waals surface area contributed by atoms with Crippen molar-refractivity contribution in [3.8, 4) is 35.2 Å². The molecule has 2 aromatic heterocycles. The van der Waals surface area contributed by atoms with Crippen molar-refractivity contribution in [1.29, 1.82) is 0 Å². The number of ether oxygens (including phenoxy) is 1. The quantitative estimate of drug-likeness (QED) is 0.194. The van der Waals surface area contributed by atoms with E-state index in [4.69, 9.17) is 16.1 Å². The summed E-state index contributed by atoms with van der Waals surface area (Å²) in [5.41, 5.74) is -0.0628. The molecule has 1 aliphatic carbocycles. The lowest BCUT2D eigenvalue weighted by atomic mass is 9.64. The SMILES string of the molecule is C#Cc1c(F)ccc2cc(O)cc(-c3ccc4c(C5C[C@@H](C)C[C@@]6(CCN6C(=O)n6cncn6)C5)nc(OC[C@@]56CCCN5C[C@H](F)C6)nc4c3F)c12. The maximum Gasteiger partial charge on any atom is 0.346 e. The fourth-order valence-electron chi connectivity index (χ4n) is 9.92. The number of hydrogen-bond acceptors (Lipinski definition) is 8. The largest absolute Gasteiger partial charge is 0.508 e. The van der Waals surface area contributed by atoms with Crippen molar-refractivity contribution < 1.29 is 27.8 Å². The summed E-state index contributed by atoms with van der Waals surface area (Å²) in [6.07, 6.45) is 12.5. The topological polar surface area (TPSA) is 110 Å². The summed E-state index contributed by atoms with van der Waals surface area (Å²) in [6.45, 7) is 4.04. The number of halogens is 3. The minimum Gasteiger partial charge on any atom is -0.508 e. The van der Waals surface area contributed by atoms with Gasteiger partial charge in [-0.25, -0.2) is 22.9 Å². The molecule has 272 valence electrons. The highest BCUT2D eigenvalue weighted by Gasteiger charge is 2.53. The summed E-state index contributed by atoms with van der Waals surface area (Å²) in [7, 11) is 0. The lowest BCUT2D eigenvalue weighted by Gasteiger charge is -2.57. The van der Waals surface area contributed by atoms with Crippen LogP contribution in [0.5, 0.6) is 11.8 Å². The lowest BCUT2D eigenvalue weighted by Crippen LogP contribution is -2.65. The van der Waals surface area contributed by atoms with Crippen LogP contribution in [-0.4, -0.2) is 89.2 Å². The van der Waals surface area contributed by atoms with Gasteiger partial charge in [-0.05, 0) is 80.1 Å². The van der Waals surface area contributed by atoms with Crippen molar-refractivity contribution in [1.82, 2.24) is 34.5 Å². The van der Waals surface area contributed by atoms with E-state index in [2.05, 4.69) is 32.8 Å². The van der Waals surface area contributed by atoms with Gasteiger partial charge < -0.3 is 14.7 Å². The van der Waals surface area contributed by atoms with Crippen LogP contribution in [0.4, 0.5) is 18.0 Å². The molecule has 5 heterocycles. The van der Waals surface area contributed by atoms with Gasteiger partial charge in [0.1, 0.15) is 42.5 Å². The number of aromatic nitrogens is 5. The Hall–Kier alpha value is -5.22. The number of likely N-dealkylation sites (tertiary alicyclic amines) is 1. The molecule has 4 aliphatic rings. The van der Waals surface area contributed by atoms with Crippen molar-refractivity contribution in [2.75, 3.05) is 26.2 Å². The van der Waals surface area contributed by atoms with E-state index >= 15 is 8.78 Å². The number of phenolic OH excluding ortho intramolecular Hbond substituents is 1. The van der Waals surface area contributed by atoms with Crippen molar-refractivity contribution in [2.45, 2.75) is 75.0 Å². The Morgan fingerprint density at radius 2 is 1.96 bits per heavy atom. The van der Waals surface area contributed by atoms with Gasteiger partial charge in [0, 0.05) is 47.3 Å². The van der Waals surface area contributed by atoms with Crippen LogP contribution in [0.25, 0.3) is 32.8 Å². The summed E-state index contributed by atoms with van der Waals surface area (Å²) >= 11 is 0. The molecule has 5 atom stereocenters. The molecule has 13 heteroatoms. The third-order valence-corrected chi connectivity index (χ3v) is 12.2. The molecule has 1 saturated carbocycles. The molecule has 10 nitrogen and oxygen atoms in total. The lowest BCUT2D eigenvalue weighted by molar-refractivity contribution is -0.0268. The Bertz CT molecular complexity index is 2330. The Labute approximate surface area is 304 Å². The first kappa shape index (κ1) is 33.6. The van der Waals surface area contributed by atoms with Crippen LogP contribution in [0.3, 0.4) is 0 Å². The zero-order valence-electron chi connectivity index (χ0n) is 29.2. The fraction of sp³-hybridized carbons (Fsp3) is 0.425. The fourth-order valence-corrected chi connectivity index (χ4v) is 9.92. The maximum absolute atomic E-state index is 17.2. The Morgan fingerprint density at radius 3 is 2.74 bits per heavy atom. The predicted octanol–water partition coefficient (Wildman–Crippen LogP) is 6.98. The minimum atomic E-state index is -0.951. The van der Waals surface area contributed by atoms with Gasteiger partial charge in [0.05, 0.1) is 16.8 Å². The van der Waals surface area contributed by atoms with Crippen LogP contribution >= 0.6 is 0 Å². The Kier molecular flexibility index (Phi) is 7.89. The molecule has 1 N–H and O–H groups in total. The van der Waals surface area contributed by atoms with Crippen LogP contribution in [0.15, 0.2) is 49.1 Å². The highest BCUT2D eigenvalue weighted by Crippen LogP contribution is 2.52. The zero-order valence-corrected chi connectivity index (χ0v) is 29.2. The molecule has 3 aliphatic heterocycles. The van der Waals surface area contributed by atoms with E-state index in [-0.39, 0.29) is 58.4 Å². The van der Waals surface area contributed by atoms with E-state index < -0.39 is 28.9 Å². The minimum absolute atomic E-state index is 0.00431. The summed E-state index contributed by atoms with van der Waals surface area (Å²) in [4.78, 5) is 31.1. The molecule has 3 saturated heterocycles. The predicted molar refractivity (Wildman–Crippen MR) is 191 cm³/mol. The highest BCUT2D eigenvalue weighted by molar-refractivity contribution is 6.03. The molecule has 1 amide bonds. The molecule has 53 heavy (non-hydrogen) atoms. The van der Waals surface area contributed by atoms with E-state index in [0.29, 0.717) is 47.8 Å². The number of amides is 1. The van der Waals surface area contributed by atoms with Crippen molar-refractivity contribution in [3.63, 3.8) is 0 Å². The molecule has 9 rings (SSSR count). The van der Waals surface area contributed by atoms with Gasteiger partial charge in [0.15, 0.2) is 5.82 Å². The maximum atomic E-state index is 17.2. The van der Waals surface area contributed by atoms with Gasteiger partial charge in [0.25, 0.3) is 0 Å². The highest BCUT2D eigenvalue weighted by atomic mass is 19.1. The van der Waals surface area contributed by atoms with E-state index in [1.165, 1.54) is 41.6 Å². The molecule has 4 fully saturated rings. The van der Waals surface area contributed by atoms with E-state index in [1.807, 2.05) is 4.90 Å². The molecule has 0 bridgehead atoms. The van der Waals surface area contributed by atoms with Gasteiger partial charge in [-0.2, -0.15) is 19.7 Å². The monoisotopic (exact) mass is 721 g/mol. The number of alkyl halides is 1. The van der Waals surface area contributed by atoms with Crippen molar-refractivity contribution in [2.24, 2.45) is 5.92 Å². The molecule has 3 aromatic carbocycles. The number of fused-ring (bicyclic) bond motifs is 3. The second-order valence-corrected chi connectivity index (χ2v) is 15.4. The van der Waals surface area contributed by atoms with Crippen LogP contribution < -0.4 is 4.74 Å². The van der Waals surface area contributed by atoms with Gasteiger partial charge in [0.2, 0.25) is 0 Å². The van der Waals surface area contributed by atoms with Gasteiger partial charge >= 0.3 is 12.0 Å². The van der Waals surface area contributed by atoms with Crippen LogP contribution in [-0.2, 0) is 0 Å². The summed E-state index contributed by atoms with van der Waals surface area (Å²) in [5, 5.41) is 16.0. The first-order valence-electron chi connectivity index (χ1n) is 18.2. The van der Waals surface area contributed by atoms with Crippen LogP contribution in [0.2, 0.25) is 0 Å². The second kappa shape index (κ2) is 12.4. The van der Waals surface area contributed by atoms with E-state index in [9.17, 15) is 14.3 Å². The van der Waals surface area contributed by atoms with Crippen LogP contribution in [0, 0.1) is 29.9 Å². The number of terminal acetylenes is 1. The molecule has 1 spiro atoms. The first-order chi connectivity index (χ1) is 25.6. The number of benzene rings is 3. The number of aromatic hydroxyl groups is 1. The summed E-state index contributed by atoms with van der Waals surface area (Å²) in [6, 6.07) is 8.64. The Balaban J connectivity index is 1.17. The van der Waals surface area contributed by atoms with Crippen molar-refractivity contribution in [3.05, 3.63) is 71.9 Å². The third kappa shape index (κ3) is 5.40. The van der Waals surface area contributed by atoms with Gasteiger partial charge in [-0.3, -0.25) is 4.90 Å². The number of hydrogen-bond donors (Lipinski definition) is 1. The molecule has 5 aromatic rings. The average molecular weight is 722 g/mol. The average Bonchev–Trinajstić information content (AvgIpc) is 3.87. The summed E-state index contributed by atoms with van der Waals surface area (Å²) in [5.74, 6) is 0.951. The van der Waals surface area contributed by atoms with E-state index in [1.54, 1.807) is 12.1 Å². The van der Waals surface area contributed by atoms with Crippen molar-refractivity contribution >= 4 is 27.7 Å². The molecular formula is C40H38F3N7O3. The second-order valence-electron chi connectivity index (χ2n) is 15.4. The molecule has 1 unspecified atom stereocenters. The standard InChI is InChI=1S/C40H38F3N7O3/c1-3-28-32(42)8-5-24-14-27(51)15-31(33(24)28)29-6-7-30-35(25-13-23(2)16-39(17-25)10-12-49(39)38(52)50-22-44-21-45-50)46-37(47-36(30)34(29)43)53-20-40-9-4-11-48(40)19-26(41)18-40/h1,5-8,14-15,21-23,25-26,51H,4,9-13,16-20H2,2H3/t23-,25?,26-,39+,40+/m1/s1. The normalized spacial score (nSPS) is 26.9. The number of nitrogens with zero attached hydrogens (tertiary/aromatic N) is 7. The third-order valence-electron chi connectivity index (χ3n) is 12.2. The van der Waals surface area contributed by atoms with Crippen LogP contribution in [0.1, 0.15) is 69.0 Å². The number of rotatable bonds is 5. The smallest absolute Gasteiger partial charge is 0.346 e. The number of carbonyl (C=O) groups is 1. The Morgan fingerprint density at radius 1 is 1.09 bits per heavy atom. The molecular weight excluding hydrogens is 683 g/mol. The van der Waals surface area contributed by atoms with E-state index in [0.717, 1.165) is 38.6 Å². The number of phenols is 1. The number of carbonyl (C=O) groups excluding carboxylic acids is 1. The summed E-state index contributed by atoms with van der Waals surface area (Å²) < 4.78 is 54.5. The zero-order chi connectivity index (χ0) is 36.6.